The number of aliphatic hydroxyl groups is 1. The summed E-state index contributed by atoms with van der Waals surface area (Å²) in [5.74, 6) is 0. The zero-order valence-corrected chi connectivity index (χ0v) is 10.5. The van der Waals surface area contributed by atoms with E-state index in [-0.39, 0.29) is 18.7 Å². The minimum Gasteiger partial charge on any atom is -0.444 e. The minimum atomic E-state index is -1.03. The number of ether oxygens (including phenoxy) is 1. The molecule has 0 saturated carbocycles. The Hall–Kier alpha value is -0.810. The number of nitrogens with zero attached hydrogens (tertiary/aromatic N) is 1. The van der Waals surface area contributed by atoms with Gasteiger partial charge in [-0.25, -0.2) is 4.79 Å². The lowest BCUT2D eigenvalue weighted by Gasteiger charge is -2.41. The average molecular weight is 230 g/mol. The third-order valence-corrected chi connectivity index (χ3v) is 2.67. The molecule has 0 spiro atoms. The van der Waals surface area contributed by atoms with Crippen molar-refractivity contribution in [1.29, 1.82) is 0 Å². The van der Waals surface area contributed by atoms with E-state index in [1.807, 2.05) is 20.8 Å². The largest absolute Gasteiger partial charge is 0.444 e. The summed E-state index contributed by atoms with van der Waals surface area (Å²) in [4.78, 5) is 13.3. The predicted octanol–water partition coefficient (Wildman–Crippen LogP) is 0.706. The standard InChI is InChI=1S/C11H22N2O3/c1-10(2,3)16-9(14)13-6-5-8(12)11(4,15)7-13/h8,15H,5-7,12H2,1-4H3/t8-,11-/m1/s1. The van der Waals surface area contributed by atoms with Crippen LogP contribution in [0.5, 0.6) is 0 Å². The molecule has 16 heavy (non-hydrogen) atoms. The molecule has 0 unspecified atom stereocenters. The normalized spacial score (nSPS) is 31.4. The number of rotatable bonds is 0. The van der Waals surface area contributed by atoms with Crippen LogP contribution in [0.2, 0.25) is 0 Å². The second kappa shape index (κ2) is 4.22. The van der Waals surface area contributed by atoms with Crippen molar-refractivity contribution < 1.29 is 14.6 Å². The second-order valence-corrected chi connectivity index (χ2v) is 5.65. The molecule has 1 amide bonds. The molecule has 0 aromatic heterocycles. The van der Waals surface area contributed by atoms with Gasteiger partial charge in [-0.2, -0.15) is 0 Å². The zero-order valence-electron chi connectivity index (χ0n) is 10.5. The van der Waals surface area contributed by atoms with E-state index in [0.717, 1.165) is 0 Å². The summed E-state index contributed by atoms with van der Waals surface area (Å²) < 4.78 is 5.24. The number of hydrogen-bond donors (Lipinski definition) is 2. The monoisotopic (exact) mass is 230 g/mol. The van der Waals surface area contributed by atoms with Gasteiger partial charge in [-0.3, -0.25) is 0 Å². The number of piperidine rings is 1. The van der Waals surface area contributed by atoms with Crippen molar-refractivity contribution in [2.45, 2.75) is 51.4 Å². The zero-order chi connectivity index (χ0) is 12.6. The molecule has 94 valence electrons. The van der Waals surface area contributed by atoms with Crippen LogP contribution in [0, 0.1) is 0 Å². The molecule has 1 aliphatic heterocycles. The van der Waals surface area contributed by atoms with Crippen LogP contribution < -0.4 is 5.73 Å². The van der Waals surface area contributed by atoms with Crippen LogP contribution >= 0.6 is 0 Å². The van der Waals surface area contributed by atoms with Crippen LogP contribution in [-0.2, 0) is 4.74 Å². The van der Waals surface area contributed by atoms with Crippen molar-refractivity contribution in [3.05, 3.63) is 0 Å². The number of carbonyl (C=O) groups is 1. The van der Waals surface area contributed by atoms with Gasteiger partial charge in [-0.1, -0.05) is 0 Å². The van der Waals surface area contributed by atoms with Crippen LogP contribution in [0.3, 0.4) is 0 Å². The number of carbonyl (C=O) groups excluding carboxylic acids is 1. The molecule has 0 aromatic carbocycles. The molecule has 0 aliphatic carbocycles. The van der Waals surface area contributed by atoms with Gasteiger partial charge in [-0.15, -0.1) is 0 Å². The Labute approximate surface area is 96.6 Å². The van der Waals surface area contributed by atoms with Gasteiger partial charge in [0.25, 0.3) is 0 Å². The summed E-state index contributed by atoms with van der Waals surface area (Å²) in [6, 6.07) is -0.286. The van der Waals surface area contributed by atoms with Gasteiger partial charge in [0, 0.05) is 12.6 Å². The highest BCUT2D eigenvalue weighted by molar-refractivity contribution is 5.68. The highest BCUT2D eigenvalue weighted by atomic mass is 16.6. The first-order valence-corrected chi connectivity index (χ1v) is 5.58. The molecule has 1 aliphatic rings. The van der Waals surface area contributed by atoms with Crippen LogP contribution in [-0.4, -0.2) is 46.4 Å². The van der Waals surface area contributed by atoms with E-state index in [2.05, 4.69) is 0 Å². The lowest BCUT2D eigenvalue weighted by atomic mass is 9.90. The second-order valence-electron chi connectivity index (χ2n) is 5.65. The molecule has 3 N–H and O–H groups in total. The van der Waals surface area contributed by atoms with Gasteiger partial charge in [-0.05, 0) is 34.1 Å². The molecule has 5 heteroatoms. The van der Waals surface area contributed by atoms with Gasteiger partial charge in [0.2, 0.25) is 0 Å². The topological polar surface area (TPSA) is 75.8 Å². The molecule has 2 atom stereocenters. The summed E-state index contributed by atoms with van der Waals surface area (Å²) in [7, 11) is 0. The summed E-state index contributed by atoms with van der Waals surface area (Å²) in [6.07, 6.45) is 0.200. The number of β-amino-alcohol motifs (C(OH)–C–C–N with tert-alkyl or cyclic N) is 1. The van der Waals surface area contributed by atoms with Crippen molar-refractivity contribution in [3.8, 4) is 0 Å². The average Bonchev–Trinajstić information content (AvgIpc) is 2.06. The fraction of sp³-hybridized carbons (Fsp3) is 0.909. The lowest BCUT2D eigenvalue weighted by Crippen LogP contribution is -2.60. The summed E-state index contributed by atoms with van der Waals surface area (Å²) in [5, 5.41) is 9.99. The van der Waals surface area contributed by atoms with E-state index in [1.54, 1.807) is 6.92 Å². The molecule has 1 fully saturated rings. The van der Waals surface area contributed by atoms with Crippen LogP contribution in [0.1, 0.15) is 34.1 Å². The van der Waals surface area contributed by atoms with Crippen LogP contribution in [0.25, 0.3) is 0 Å². The SMILES string of the molecule is CC(C)(C)OC(=O)N1CC[C@@H](N)[C@](C)(O)C1. The molecule has 1 rings (SSSR count). The molecule has 1 saturated heterocycles. The van der Waals surface area contributed by atoms with Crippen molar-refractivity contribution in [1.82, 2.24) is 4.90 Å². The van der Waals surface area contributed by atoms with Crippen LogP contribution in [0.4, 0.5) is 4.79 Å². The summed E-state index contributed by atoms with van der Waals surface area (Å²) >= 11 is 0. The highest BCUT2D eigenvalue weighted by Gasteiger charge is 2.38. The molecular weight excluding hydrogens is 208 g/mol. The Kier molecular flexibility index (Phi) is 3.50. The van der Waals surface area contributed by atoms with E-state index < -0.39 is 11.2 Å². The number of likely N-dealkylation sites (tertiary alicyclic amines) is 1. The molecule has 0 radical (unpaired) electrons. The van der Waals surface area contributed by atoms with E-state index in [9.17, 15) is 9.90 Å². The Balaban J connectivity index is 2.60. The van der Waals surface area contributed by atoms with Crippen molar-refractivity contribution >= 4 is 6.09 Å². The lowest BCUT2D eigenvalue weighted by molar-refractivity contribution is -0.0436. The van der Waals surface area contributed by atoms with Gasteiger partial charge in [0.1, 0.15) is 5.60 Å². The molecule has 5 nitrogen and oxygen atoms in total. The van der Waals surface area contributed by atoms with Crippen molar-refractivity contribution in [2.75, 3.05) is 13.1 Å². The summed E-state index contributed by atoms with van der Waals surface area (Å²) in [5.41, 5.74) is 4.23. The number of amides is 1. The van der Waals surface area contributed by atoms with E-state index in [4.69, 9.17) is 10.5 Å². The third-order valence-electron chi connectivity index (χ3n) is 2.67. The first kappa shape index (κ1) is 13.3. The van der Waals surface area contributed by atoms with E-state index >= 15 is 0 Å². The first-order chi connectivity index (χ1) is 7.12. The third kappa shape index (κ3) is 3.35. The quantitative estimate of drug-likeness (QED) is 0.642. The Morgan fingerprint density at radius 2 is 2.12 bits per heavy atom. The molecule has 0 bridgehead atoms. The maximum absolute atomic E-state index is 11.8. The van der Waals surface area contributed by atoms with E-state index in [1.165, 1.54) is 4.90 Å². The van der Waals surface area contributed by atoms with Crippen molar-refractivity contribution in [3.63, 3.8) is 0 Å². The van der Waals surface area contributed by atoms with Gasteiger partial charge in [0.05, 0.1) is 12.1 Å². The Morgan fingerprint density at radius 3 is 2.56 bits per heavy atom. The Bertz CT molecular complexity index is 271. The predicted molar refractivity (Wildman–Crippen MR) is 61.0 cm³/mol. The fourth-order valence-electron chi connectivity index (χ4n) is 1.67. The first-order valence-electron chi connectivity index (χ1n) is 5.58. The smallest absolute Gasteiger partial charge is 0.410 e. The van der Waals surface area contributed by atoms with Gasteiger partial charge < -0.3 is 20.5 Å². The highest BCUT2D eigenvalue weighted by Crippen LogP contribution is 2.21. The van der Waals surface area contributed by atoms with E-state index in [0.29, 0.717) is 13.0 Å². The maximum Gasteiger partial charge on any atom is 0.410 e. The number of hydrogen-bond acceptors (Lipinski definition) is 4. The van der Waals surface area contributed by atoms with Gasteiger partial charge >= 0.3 is 6.09 Å². The van der Waals surface area contributed by atoms with Crippen LogP contribution in [0.15, 0.2) is 0 Å². The molecule has 1 heterocycles. The number of nitrogens with two attached hydrogens (primary N) is 1. The maximum atomic E-state index is 11.8. The minimum absolute atomic E-state index is 0.225. The fourth-order valence-corrected chi connectivity index (χ4v) is 1.67. The molecule has 0 aromatic rings. The Morgan fingerprint density at radius 1 is 1.56 bits per heavy atom. The van der Waals surface area contributed by atoms with Gasteiger partial charge in [0.15, 0.2) is 0 Å². The molecular formula is C11H22N2O3. The summed E-state index contributed by atoms with van der Waals surface area (Å²) in [6.45, 7) is 7.86. The van der Waals surface area contributed by atoms with Crippen molar-refractivity contribution in [2.24, 2.45) is 5.73 Å².